The smallest absolute Gasteiger partial charge is 0.340 e. The average Bonchev–Trinajstić information content (AvgIpc) is 2.58. The normalized spacial score (nSPS) is 17.6. The van der Waals surface area contributed by atoms with Gasteiger partial charge in [-0.25, -0.2) is 4.79 Å². The van der Waals surface area contributed by atoms with Crippen LogP contribution in [0.3, 0.4) is 0 Å². The highest BCUT2D eigenvalue weighted by Gasteiger charge is 2.37. The van der Waals surface area contributed by atoms with Crippen molar-refractivity contribution in [2.75, 3.05) is 18.0 Å². The van der Waals surface area contributed by atoms with Crippen LogP contribution < -0.4 is 4.90 Å². The quantitative estimate of drug-likeness (QED) is 0.630. The van der Waals surface area contributed by atoms with Gasteiger partial charge in [0.15, 0.2) is 6.10 Å². The largest absolute Gasteiger partial charge is 0.461 e. The molecule has 1 unspecified atom stereocenters. The van der Waals surface area contributed by atoms with E-state index in [-0.39, 0.29) is 11.5 Å². The topological polar surface area (TPSA) is 75.5 Å². The van der Waals surface area contributed by atoms with Crippen LogP contribution in [0.2, 0.25) is 0 Å². The first-order chi connectivity index (χ1) is 13.8. The first-order valence-corrected chi connectivity index (χ1v) is 10.8. The number of carbonyl (C=O) groups excluding carboxylic acids is 1. The molecule has 0 spiro atoms. The van der Waals surface area contributed by atoms with Gasteiger partial charge in [0.05, 0.1) is 28.6 Å². The molecule has 1 aromatic rings. The number of hydrogen-bond donors (Lipinski definition) is 0. The fourth-order valence-electron chi connectivity index (χ4n) is 3.83. The van der Waals surface area contributed by atoms with E-state index in [0.717, 1.165) is 31.6 Å². The van der Waals surface area contributed by atoms with Crippen LogP contribution in [0.15, 0.2) is 0 Å². The second-order valence-electron chi connectivity index (χ2n) is 10.3. The molecule has 2 rings (SSSR count). The van der Waals surface area contributed by atoms with E-state index >= 15 is 0 Å². The van der Waals surface area contributed by atoms with E-state index in [4.69, 9.17) is 9.47 Å². The van der Waals surface area contributed by atoms with Crippen molar-refractivity contribution in [1.29, 1.82) is 5.26 Å². The Kier molecular flexibility index (Phi) is 7.19. The maximum Gasteiger partial charge on any atom is 0.340 e. The molecule has 1 aliphatic rings. The van der Waals surface area contributed by atoms with Crippen molar-refractivity contribution >= 4 is 11.7 Å². The fourth-order valence-corrected chi connectivity index (χ4v) is 3.83. The van der Waals surface area contributed by atoms with Crippen LogP contribution in [-0.4, -0.2) is 35.7 Å². The number of nitriles is 1. The zero-order chi connectivity index (χ0) is 22.9. The van der Waals surface area contributed by atoms with Crippen molar-refractivity contribution in [1.82, 2.24) is 4.98 Å². The Labute approximate surface area is 181 Å². The van der Waals surface area contributed by atoms with Crippen LogP contribution in [0.25, 0.3) is 0 Å². The molecular weight excluding hydrogens is 378 g/mol. The van der Waals surface area contributed by atoms with Gasteiger partial charge < -0.3 is 14.4 Å². The van der Waals surface area contributed by atoms with Gasteiger partial charge in [0.1, 0.15) is 6.07 Å². The van der Waals surface area contributed by atoms with Crippen molar-refractivity contribution in [3.8, 4) is 6.07 Å². The number of esters is 1. The molecule has 1 saturated heterocycles. The lowest BCUT2D eigenvalue weighted by Crippen LogP contribution is -2.40. The summed E-state index contributed by atoms with van der Waals surface area (Å²) in [5.41, 5.74) is 2.98. The minimum Gasteiger partial charge on any atom is -0.461 e. The number of anilines is 1. The van der Waals surface area contributed by atoms with Gasteiger partial charge in [-0.15, -0.1) is 0 Å². The molecule has 0 aromatic carbocycles. The minimum absolute atomic E-state index is 0.262. The number of pyridine rings is 1. The van der Waals surface area contributed by atoms with Gasteiger partial charge in [-0.3, -0.25) is 4.98 Å². The van der Waals surface area contributed by atoms with Gasteiger partial charge in [-0.05, 0) is 66.7 Å². The van der Waals surface area contributed by atoms with Crippen molar-refractivity contribution in [3.63, 3.8) is 0 Å². The number of hydrogen-bond acceptors (Lipinski definition) is 6. The van der Waals surface area contributed by atoms with Crippen LogP contribution in [0.1, 0.15) is 89.9 Å². The summed E-state index contributed by atoms with van der Waals surface area (Å²) in [7, 11) is 0. The monoisotopic (exact) mass is 415 g/mol. The number of nitrogens with zero attached hydrogens (tertiary/aromatic N) is 3. The predicted molar refractivity (Wildman–Crippen MR) is 118 cm³/mol. The van der Waals surface area contributed by atoms with Gasteiger partial charge in [0.2, 0.25) is 0 Å². The summed E-state index contributed by atoms with van der Waals surface area (Å²) in [6.45, 7) is 19.3. The Balaban J connectivity index is 2.68. The van der Waals surface area contributed by atoms with E-state index in [2.05, 4.69) is 29.8 Å². The molecule has 166 valence electrons. The molecule has 0 radical (unpaired) electrons. The van der Waals surface area contributed by atoms with E-state index in [1.165, 1.54) is 0 Å². The highest BCUT2D eigenvalue weighted by molar-refractivity contribution is 5.82. The first kappa shape index (κ1) is 24.1. The van der Waals surface area contributed by atoms with E-state index in [1.807, 2.05) is 48.5 Å². The summed E-state index contributed by atoms with van der Waals surface area (Å²) in [5.74, 6) is -0.448. The van der Waals surface area contributed by atoms with E-state index in [9.17, 15) is 10.1 Å². The maximum absolute atomic E-state index is 13.1. The summed E-state index contributed by atoms with van der Waals surface area (Å²) in [5, 5.41) is 9.97. The third-order valence-corrected chi connectivity index (χ3v) is 5.42. The van der Waals surface area contributed by atoms with Crippen LogP contribution >= 0.6 is 0 Å². The number of carbonyl (C=O) groups is 1. The summed E-state index contributed by atoms with van der Waals surface area (Å²) in [4.78, 5) is 20.0. The third-order valence-electron chi connectivity index (χ3n) is 5.42. The van der Waals surface area contributed by atoms with Crippen LogP contribution in [0.5, 0.6) is 0 Å². The van der Waals surface area contributed by atoms with Gasteiger partial charge >= 0.3 is 5.97 Å². The van der Waals surface area contributed by atoms with E-state index in [0.29, 0.717) is 22.5 Å². The molecule has 30 heavy (non-hydrogen) atoms. The molecule has 6 heteroatoms. The number of ether oxygens (including phenoxy) is 2. The summed E-state index contributed by atoms with van der Waals surface area (Å²) < 4.78 is 11.8. The third kappa shape index (κ3) is 5.72. The van der Waals surface area contributed by atoms with E-state index in [1.54, 1.807) is 0 Å². The molecule has 0 N–H and O–H groups in total. The summed E-state index contributed by atoms with van der Waals surface area (Å²) >= 11 is 0. The van der Waals surface area contributed by atoms with E-state index < -0.39 is 17.7 Å². The van der Waals surface area contributed by atoms with Gasteiger partial charge in [-0.1, -0.05) is 13.8 Å². The van der Waals surface area contributed by atoms with Gasteiger partial charge in [0, 0.05) is 24.3 Å². The SMILES string of the molecule is Cc1nc(C)c(C(OC(C)(C)C)C(=O)OC(C)C)c(N2CCC(C)(C)CC2)c1C#N. The standard InChI is InChI=1S/C24H37N3O3/c1-15(2)29-22(28)21(30-23(5,6)7)19-17(4)26-16(3)18(14-25)20(19)27-12-10-24(8,9)11-13-27/h15,21H,10-13H2,1-9H3. The highest BCUT2D eigenvalue weighted by Crippen LogP contribution is 2.41. The molecule has 2 heterocycles. The van der Waals surface area contributed by atoms with Gasteiger partial charge in [0.25, 0.3) is 0 Å². The molecule has 1 aromatic heterocycles. The predicted octanol–water partition coefficient (Wildman–Crippen LogP) is 5.00. The average molecular weight is 416 g/mol. The molecular formula is C24H37N3O3. The lowest BCUT2D eigenvalue weighted by atomic mass is 9.82. The number of aryl methyl sites for hydroxylation is 2. The van der Waals surface area contributed by atoms with Crippen molar-refractivity contribution in [2.24, 2.45) is 5.41 Å². The zero-order valence-electron chi connectivity index (χ0n) is 20.0. The number of aromatic nitrogens is 1. The molecule has 0 saturated carbocycles. The molecule has 6 nitrogen and oxygen atoms in total. The van der Waals surface area contributed by atoms with Crippen molar-refractivity contribution in [2.45, 2.75) is 93.0 Å². The zero-order valence-corrected chi connectivity index (χ0v) is 20.0. The molecule has 1 fully saturated rings. The lowest BCUT2D eigenvalue weighted by Gasteiger charge is -2.40. The van der Waals surface area contributed by atoms with Gasteiger partial charge in [-0.2, -0.15) is 5.26 Å². The van der Waals surface area contributed by atoms with Crippen LogP contribution in [0.4, 0.5) is 5.69 Å². The molecule has 1 aliphatic heterocycles. The molecule has 1 atom stereocenters. The summed E-state index contributed by atoms with van der Waals surface area (Å²) in [6, 6.07) is 2.34. The fraction of sp³-hybridized carbons (Fsp3) is 0.708. The Bertz CT molecular complexity index is 822. The Morgan fingerprint density at radius 3 is 2.20 bits per heavy atom. The van der Waals surface area contributed by atoms with Crippen molar-refractivity contribution in [3.05, 3.63) is 22.5 Å². The molecule has 0 amide bonds. The first-order valence-electron chi connectivity index (χ1n) is 10.8. The second kappa shape index (κ2) is 8.93. The maximum atomic E-state index is 13.1. The second-order valence-corrected chi connectivity index (χ2v) is 10.3. The minimum atomic E-state index is -0.947. The lowest BCUT2D eigenvalue weighted by molar-refractivity contribution is -0.171. The molecule has 0 aliphatic carbocycles. The van der Waals surface area contributed by atoms with Crippen LogP contribution in [0, 0.1) is 30.6 Å². The molecule has 0 bridgehead atoms. The number of rotatable bonds is 5. The van der Waals surface area contributed by atoms with Crippen LogP contribution in [-0.2, 0) is 14.3 Å². The Hall–Kier alpha value is -2.13. The highest BCUT2D eigenvalue weighted by atomic mass is 16.6. The Morgan fingerprint density at radius 2 is 1.73 bits per heavy atom. The Morgan fingerprint density at radius 1 is 1.17 bits per heavy atom. The summed E-state index contributed by atoms with van der Waals surface area (Å²) in [6.07, 6.45) is 0.812. The van der Waals surface area contributed by atoms with Crippen molar-refractivity contribution < 1.29 is 14.3 Å². The number of piperidine rings is 1.